The molecule has 0 aromatic heterocycles. The summed E-state index contributed by atoms with van der Waals surface area (Å²) in [6.45, 7) is 0. The first kappa shape index (κ1) is 11.3. The van der Waals surface area contributed by atoms with Crippen LogP contribution in [-0.4, -0.2) is 14.2 Å². The van der Waals surface area contributed by atoms with Gasteiger partial charge in [-0.3, -0.25) is 0 Å². The van der Waals surface area contributed by atoms with Gasteiger partial charge in [-0.05, 0) is 25.0 Å². The standard InChI is InChI=1S/C13H13BrO2/c1-4-13(5-6-13)10-7-9(14)8-11(15-2)12(10)16-3/h1,7-8H,5-6H2,2-3H3. The maximum absolute atomic E-state index is 5.60. The van der Waals surface area contributed by atoms with E-state index in [1.54, 1.807) is 14.2 Å². The topological polar surface area (TPSA) is 18.5 Å². The molecule has 84 valence electrons. The van der Waals surface area contributed by atoms with E-state index in [0.29, 0.717) is 5.75 Å². The van der Waals surface area contributed by atoms with Gasteiger partial charge in [0.2, 0.25) is 0 Å². The lowest BCUT2D eigenvalue weighted by atomic mass is 9.95. The van der Waals surface area contributed by atoms with Crippen LogP contribution in [0.25, 0.3) is 0 Å². The Hall–Kier alpha value is -1.14. The minimum Gasteiger partial charge on any atom is -0.493 e. The van der Waals surface area contributed by atoms with E-state index in [-0.39, 0.29) is 5.41 Å². The van der Waals surface area contributed by atoms with Gasteiger partial charge >= 0.3 is 0 Å². The fourth-order valence-corrected chi connectivity index (χ4v) is 2.34. The highest BCUT2D eigenvalue weighted by Gasteiger charge is 2.45. The van der Waals surface area contributed by atoms with Crippen LogP contribution < -0.4 is 9.47 Å². The first-order valence-electron chi connectivity index (χ1n) is 5.06. The van der Waals surface area contributed by atoms with Crippen molar-refractivity contribution in [3.63, 3.8) is 0 Å². The highest BCUT2D eigenvalue weighted by Crippen LogP contribution is 2.53. The molecule has 0 unspecified atom stereocenters. The van der Waals surface area contributed by atoms with E-state index in [1.807, 2.05) is 12.1 Å². The van der Waals surface area contributed by atoms with Crippen LogP contribution in [-0.2, 0) is 5.41 Å². The van der Waals surface area contributed by atoms with E-state index in [0.717, 1.165) is 28.6 Å². The number of rotatable bonds is 3. The average Bonchev–Trinajstić information content (AvgIpc) is 3.08. The third-order valence-corrected chi connectivity index (χ3v) is 3.44. The zero-order valence-electron chi connectivity index (χ0n) is 9.34. The molecule has 0 aliphatic heterocycles. The highest BCUT2D eigenvalue weighted by atomic mass is 79.9. The number of hydrogen-bond donors (Lipinski definition) is 0. The molecule has 16 heavy (non-hydrogen) atoms. The number of hydrogen-bond acceptors (Lipinski definition) is 2. The van der Waals surface area contributed by atoms with Crippen molar-refractivity contribution in [1.29, 1.82) is 0 Å². The minimum atomic E-state index is -0.150. The lowest BCUT2D eigenvalue weighted by Crippen LogP contribution is -2.06. The Labute approximate surface area is 104 Å². The van der Waals surface area contributed by atoms with Crippen LogP contribution >= 0.6 is 15.9 Å². The third-order valence-electron chi connectivity index (χ3n) is 2.99. The molecule has 0 bridgehead atoms. The van der Waals surface area contributed by atoms with Crippen molar-refractivity contribution in [2.24, 2.45) is 0 Å². The summed E-state index contributed by atoms with van der Waals surface area (Å²) in [4.78, 5) is 0. The van der Waals surface area contributed by atoms with Crippen LogP contribution in [0.15, 0.2) is 16.6 Å². The van der Waals surface area contributed by atoms with Crippen molar-refractivity contribution >= 4 is 15.9 Å². The van der Waals surface area contributed by atoms with Crippen LogP contribution in [0.3, 0.4) is 0 Å². The van der Waals surface area contributed by atoms with Crippen molar-refractivity contribution in [2.75, 3.05) is 14.2 Å². The summed E-state index contributed by atoms with van der Waals surface area (Å²) in [5.74, 6) is 4.33. The molecule has 0 saturated heterocycles. The Morgan fingerprint density at radius 2 is 2.00 bits per heavy atom. The molecule has 0 heterocycles. The number of ether oxygens (including phenoxy) is 2. The second kappa shape index (κ2) is 4.03. The second-order valence-electron chi connectivity index (χ2n) is 3.92. The van der Waals surface area contributed by atoms with Gasteiger partial charge in [-0.1, -0.05) is 21.9 Å². The van der Waals surface area contributed by atoms with E-state index >= 15 is 0 Å². The van der Waals surface area contributed by atoms with Gasteiger partial charge in [0.1, 0.15) is 0 Å². The maximum Gasteiger partial charge on any atom is 0.165 e. The summed E-state index contributed by atoms with van der Waals surface area (Å²) in [5, 5.41) is 0. The van der Waals surface area contributed by atoms with Gasteiger partial charge < -0.3 is 9.47 Å². The maximum atomic E-state index is 5.60. The van der Waals surface area contributed by atoms with Gasteiger partial charge in [-0.25, -0.2) is 0 Å². The van der Waals surface area contributed by atoms with Crippen molar-refractivity contribution < 1.29 is 9.47 Å². The van der Waals surface area contributed by atoms with Crippen LogP contribution in [0.4, 0.5) is 0 Å². The Balaban J connectivity index is 2.60. The predicted molar refractivity (Wildman–Crippen MR) is 67.0 cm³/mol. The molecular weight excluding hydrogens is 268 g/mol. The molecule has 0 radical (unpaired) electrons. The lowest BCUT2D eigenvalue weighted by Gasteiger charge is -2.17. The van der Waals surface area contributed by atoms with Crippen molar-refractivity contribution in [2.45, 2.75) is 18.3 Å². The number of benzene rings is 1. The van der Waals surface area contributed by atoms with Crippen molar-refractivity contribution in [3.05, 3.63) is 22.2 Å². The fraction of sp³-hybridized carbons (Fsp3) is 0.385. The Bertz CT molecular complexity index is 456. The molecule has 0 N–H and O–H groups in total. The van der Waals surface area contributed by atoms with Crippen LogP contribution in [0.2, 0.25) is 0 Å². The molecule has 1 aromatic rings. The Morgan fingerprint density at radius 3 is 2.44 bits per heavy atom. The van der Waals surface area contributed by atoms with E-state index in [1.165, 1.54) is 0 Å². The molecule has 0 spiro atoms. The summed E-state index contributed by atoms with van der Waals surface area (Å²) in [5.41, 5.74) is 0.895. The van der Waals surface area contributed by atoms with Gasteiger partial charge in [0.05, 0.1) is 19.6 Å². The first-order valence-corrected chi connectivity index (χ1v) is 5.86. The zero-order valence-corrected chi connectivity index (χ0v) is 10.9. The molecule has 2 rings (SSSR count). The molecule has 2 nitrogen and oxygen atoms in total. The molecule has 1 saturated carbocycles. The fourth-order valence-electron chi connectivity index (χ4n) is 1.90. The molecule has 0 atom stereocenters. The van der Waals surface area contributed by atoms with Gasteiger partial charge in [-0.15, -0.1) is 6.42 Å². The van der Waals surface area contributed by atoms with Crippen LogP contribution in [0.5, 0.6) is 11.5 Å². The summed E-state index contributed by atoms with van der Waals surface area (Å²) in [6, 6.07) is 3.91. The highest BCUT2D eigenvalue weighted by molar-refractivity contribution is 9.10. The normalized spacial score (nSPS) is 16.4. The molecule has 3 heteroatoms. The smallest absolute Gasteiger partial charge is 0.165 e. The van der Waals surface area contributed by atoms with E-state index in [9.17, 15) is 0 Å². The van der Waals surface area contributed by atoms with E-state index in [4.69, 9.17) is 15.9 Å². The van der Waals surface area contributed by atoms with E-state index < -0.39 is 0 Å². The summed E-state index contributed by atoms with van der Waals surface area (Å²) in [6.07, 6.45) is 7.63. The van der Waals surface area contributed by atoms with Crippen molar-refractivity contribution in [3.8, 4) is 23.8 Å². The Kier molecular flexibility index (Phi) is 2.86. The van der Waals surface area contributed by atoms with Crippen LogP contribution in [0.1, 0.15) is 18.4 Å². The molecular formula is C13H13BrO2. The summed E-state index contributed by atoms with van der Waals surface area (Å²) < 4.78 is 11.7. The number of terminal acetylenes is 1. The summed E-state index contributed by atoms with van der Waals surface area (Å²) in [7, 11) is 3.27. The van der Waals surface area contributed by atoms with Crippen LogP contribution in [0, 0.1) is 12.3 Å². The second-order valence-corrected chi connectivity index (χ2v) is 4.83. The largest absolute Gasteiger partial charge is 0.493 e. The zero-order chi connectivity index (χ0) is 11.8. The van der Waals surface area contributed by atoms with Crippen molar-refractivity contribution in [1.82, 2.24) is 0 Å². The SMILES string of the molecule is C#CC1(c2cc(Br)cc(OC)c2OC)CC1. The molecule has 0 amide bonds. The molecule has 1 fully saturated rings. The molecule has 1 aromatic carbocycles. The third kappa shape index (κ3) is 1.68. The monoisotopic (exact) mass is 280 g/mol. The summed E-state index contributed by atoms with van der Waals surface area (Å²) >= 11 is 3.46. The minimum absolute atomic E-state index is 0.150. The quantitative estimate of drug-likeness (QED) is 0.792. The average molecular weight is 281 g/mol. The van der Waals surface area contributed by atoms with Gasteiger partial charge in [0.15, 0.2) is 11.5 Å². The van der Waals surface area contributed by atoms with Gasteiger partial charge in [-0.2, -0.15) is 0 Å². The number of methoxy groups -OCH3 is 2. The van der Waals surface area contributed by atoms with E-state index in [2.05, 4.69) is 21.9 Å². The lowest BCUT2D eigenvalue weighted by molar-refractivity contribution is 0.350. The first-order chi connectivity index (χ1) is 7.66. The molecule has 1 aliphatic carbocycles. The van der Waals surface area contributed by atoms with Gasteiger partial charge in [0.25, 0.3) is 0 Å². The number of halogens is 1. The predicted octanol–water partition coefficient (Wildman–Crippen LogP) is 3.13. The Morgan fingerprint density at radius 1 is 1.31 bits per heavy atom. The van der Waals surface area contributed by atoms with Gasteiger partial charge in [0, 0.05) is 10.0 Å². The molecule has 1 aliphatic rings.